The van der Waals surface area contributed by atoms with Crippen molar-refractivity contribution in [2.24, 2.45) is 0 Å². The first kappa shape index (κ1) is 18.6. The third kappa shape index (κ3) is 4.14. The summed E-state index contributed by atoms with van der Waals surface area (Å²) in [5.41, 5.74) is 4.13. The molecule has 26 heavy (non-hydrogen) atoms. The van der Waals surface area contributed by atoms with Crippen LogP contribution in [0, 0.1) is 6.92 Å². The summed E-state index contributed by atoms with van der Waals surface area (Å²) in [6, 6.07) is 13.4. The van der Waals surface area contributed by atoms with E-state index in [2.05, 4.69) is 27.3 Å². The summed E-state index contributed by atoms with van der Waals surface area (Å²) in [6.45, 7) is 2.81. The molecule has 1 aliphatic rings. The molecule has 3 rings (SSSR count). The second kappa shape index (κ2) is 8.01. The Morgan fingerprint density at radius 3 is 2.65 bits per heavy atom. The summed E-state index contributed by atoms with van der Waals surface area (Å²) in [5.74, 6) is -0.392. The zero-order valence-electron chi connectivity index (χ0n) is 14.8. The van der Waals surface area contributed by atoms with Crippen molar-refractivity contribution < 1.29 is 19.2 Å². The van der Waals surface area contributed by atoms with Crippen molar-refractivity contribution in [2.45, 2.75) is 25.9 Å². The van der Waals surface area contributed by atoms with Crippen molar-refractivity contribution in [3.05, 3.63) is 63.6 Å². The predicted molar refractivity (Wildman–Crippen MR) is 103 cm³/mol. The van der Waals surface area contributed by atoms with Crippen molar-refractivity contribution in [3.63, 3.8) is 0 Å². The van der Waals surface area contributed by atoms with E-state index in [-0.39, 0.29) is 24.5 Å². The minimum Gasteiger partial charge on any atom is -0.465 e. The number of aryl methyl sites for hydroxylation is 1. The lowest BCUT2D eigenvalue weighted by Crippen LogP contribution is -3.17. The average molecular weight is 418 g/mol. The Balaban J connectivity index is 1.74. The molecule has 2 N–H and O–H groups in total. The van der Waals surface area contributed by atoms with Gasteiger partial charge in [0.2, 0.25) is 0 Å². The molecular weight excluding hydrogens is 396 g/mol. The number of carbonyl (C=O) groups is 2. The van der Waals surface area contributed by atoms with Gasteiger partial charge >= 0.3 is 5.97 Å². The van der Waals surface area contributed by atoms with E-state index in [0.717, 1.165) is 26.2 Å². The van der Waals surface area contributed by atoms with Crippen LogP contribution in [0.3, 0.4) is 0 Å². The molecule has 0 radical (unpaired) electrons. The number of quaternary nitrogens is 1. The molecule has 2 aromatic rings. The predicted octanol–water partition coefficient (Wildman–Crippen LogP) is 1.88. The van der Waals surface area contributed by atoms with Crippen molar-refractivity contribution in [3.8, 4) is 0 Å². The highest BCUT2D eigenvalue weighted by molar-refractivity contribution is 9.10. The molecule has 0 fully saturated rings. The zero-order chi connectivity index (χ0) is 18.7. The Kier molecular flexibility index (Phi) is 5.74. The van der Waals surface area contributed by atoms with Crippen molar-refractivity contribution in [1.82, 2.24) is 0 Å². The summed E-state index contributed by atoms with van der Waals surface area (Å²) in [5, 5.41) is 2.93. The molecule has 2 atom stereocenters. The molecule has 0 aliphatic carbocycles. The molecule has 5 nitrogen and oxygen atoms in total. The molecule has 1 aliphatic heterocycles. The number of ether oxygens (including phenoxy) is 1. The van der Waals surface area contributed by atoms with Crippen LogP contribution in [-0.4, -0.2) is 31.6 Å². The number of amides is 1. The molecule has 2 aromatic carbocycles. The van der Waals surface area contributed by atoms with Gasteiger partial charge in [0.25, 0.3) is 5.91 Å². The molecular formula is C20H22BrN2O3+. The fourth-order valence-electron chi connectivity index (χ4n) is 3.37. The molecule has 1 unspecified atom stereocenters. The number of esters is 1. The topological polar surface area (TPSA) is 59.8 Å². The van der Waals surface area contributed by atoms with E-state index in [1.165, 1.54) is 12.7 Å². The number of rotatable bonds is 4. The number of fused-ring (bicyclic) bond motifs is 1. The smallest absolute Gasteiger partial charge is 0.365 e. The Labute approximate surface area is 161 Å². The molecule has 136 valence electrons. The van der Waals surface area contributed by atoms with Crippen LogP contribution in [0.5, 0.6) is 0 Å². The molecule has 0 saturated heterocycles. The number of anilines is 1. The highest BCUT2D eigenvalue weighted by atomic mass is 79.9. The number of carbonyl (C=O) groups excluding carboxylic acids is 2. The quantitative estimate of drug-likeness (QED) is 0.746. The van der Waals surface area contributed by atoms with E-state index in [1.807, 2.05) is 43.3 Å². The summed E-state index contributed by atoms with van der Waals surface area (Å²) >= 11 is 3.45. The number of benzene rings is 2. The van der Waals surface area contributed by atoms with Gasteiger partial charge in [0.15, 0.2) is 12.6 Å². The average Bonchev–Trinajstić information content (AvgIpc) is 2.63. The van der Waals surface area contributed by atoms with E-state index >= 15 is 0 Å². The van der Waals surface area contributed by atoms with E-state index in [4.69, 9.17) is 4.74 Å². The monoisotopic (exact) mass is 417 g/mol. The van der Waals surface area contributed by atoms with Crippen molar-refractivity contribution in [1.29, 1.82) is 0 Å². The highest BCUT2D eigenvalue weighted by Gasteiger charge is 2.37. The number of hydrogen-bond donors (Lipinski definition) is 2. The zero-order valence-corrected chi connectivity index (χ0v) is 16.4. The first-order valence-electron chi connectivity index (χ1n) is 8.53. The van der Waals surface area contributed by atoms with Crippen molar-refractivity contribution >= 4 is 33.5 Å². The summed E-state index contributed by atoms with van der Waals surface area (Å²) in [6.07, 6.45) is 0.586. The van der Waals surface area contributed by atoms with E-state index < -0.39 is 0 Å². The Morgan fingerprint density at radius 1 is 1.23 bits per heavy atom. The van der Waals surface area contributed by atoms with Crippen LogP contribution < -0.4 is 10.2 Å². The van der Waals surface area contributed by atoms with Crippen LogP contribution in [0.15, 0.2) is 46.9 Å². The largest absolute Gasteiger partial charge is 0.465 e. The van der Waals surface area contributed by atoms with Gasteiger partial charge in [-0.15, -0.1) is 0 Å². The van der Waals surface area contributed by atoms with Gasteiger partial charge in [-0.2, -0.15) is 0 Å². The lowest BCUT2D eigenvalue weighted by Gasteiger charge is -2.31. The fourth-order valence-corrected chi connectivity index (χ4v) is 3.62. The fraction of sp³-hybridized carbons (Fsp3) is 0.300. The second-order valence-electron chi connectivity index (χ2n) is 6.57. The summed E-state index contributed by atoms with van der Waals surface area (Å²) in [4.78, 5) is 25.7. The number of nitrogens with one attached hydrogen (secondary N) is 2. The minimum absolute atomic E-state index is 0.116. The molecule has 6 heteroatoms. The molecule has 0 bridgehead atoms. The molecule has 1 heterocycles. The Hall–Kier alpha value is -2.18. The van der Waals surface area contributed by atoms with Gasteiger partial charge in [0.1, 0.15) is 6.54 Å². The van der Waals surface area contributed by atoms with Crippen LogP contribution in [0.2, 0.25) is 0 Å². The SMILES string of the molecule is COC(=O)[C@H]1Cc2ccccc2C[NH+]1CC(=O)Nc1ccc(Br)c(C)c1. The van der Waals surface area contributed by atoms with Gasteiger partial charge in [-0.05, 0) is 36.2 Å². The third-order valence-corrected chi connectivity index (χ3v) is 5.66. The van der Waals surface area contributed by atoms with E-state index in [1.54, 1.807) is 0 Å². The van der Waals surface area contributed by atoms with Gasteiger partial charge in [-0.3, -0.25) is 4.79 Å². The number of hydrogen-bond acceptors (Lipinski definition) is 3. The van der Waals surface area contributed by atoms with Crippen LogP contribution in [-0.2, 0) is 27.3 Å². The van der Waals surface area contributed by atoms with Crippen molar-refractivity contribution in [2.75, 3.05) is 19.0 Å². The second-order valence-corrected chi connectivity index (χ2v) is 7.43. The summed E-state index contributed by atoms with van der Waals surface area (Å²) in [7, 11) is 1.39. The number of methoxy groups -OCH3 is 1. The normalized spacial score (nSPS) is 18.7. The first-order valence-corrected chi connectivity index (χ1v) is 9.32. The molecule has 0 spiro atoms. The summed E-state index contributed by atoms with van der Waals surface area (Å²) < 4.78 is 5.97. The van der Waals surface area contributed by atoms with Crippen LogP contribution in [0.25, 0.3) is 0 Å². The Bertz CT molecular complexity index is 838. The van der Waals surface area contributed by atoms with E-state index in [0.29, 0.717) is 13.0 Å². The minimum atomic E-state index is -0.368. The van der Waals surface area contributed by atoms with Gasteiger partial charge in [0.05, 0.1) is 7.11 Å². The van der Waals surface area contributed by atoms with Gasteiger partial charge in [-0.1, -0.05) is 40.2 Å². The maximum absolute atomic E-state index is 12.5. The molecule has 0 saturated carbocycles. The van der Waals surface area contributed by atoms with E-state index in [9.17, 15) is 9.59 Å². The Morgan fingerprint density at radius 2 is 1.96 bits per heavy atom. The van der Waals surface area contributed by atoms with Crippen LogP contribution in [0.1, 0.15) is 16.7 Å². The van der Waals surface area contributed by atoms with Gasteiger partial charge < -0.3 is 15.0 Å². The van der Waals surface area contributed by atoms with Gasteiger partial charge in [-0.25, -0.2) is 4.79 Å². The van der Waals surface area contributed by atoms with Crippen LogP contribution >= 0.6 is 15.9 Å². The lowest BCUT2D eigenvalue weighted by molar-refractivity contribution is -0.924. The first-order chi connectivity index (χ1) is 12.5. The van der Waals surface area contributed by atoms with Crippen LogP contribution in [0.4, 0.5) is 5.69 Å². The highest BCUT2D eigenvalue weighted by Crippen LogP contribution is 2.20. The maximum atomic E-state index is 12.5. The molecule has 1 amide bonds. The standard InChI is InChI=1S/C20H21BrN2O3/c1-13-9-16(7-8-17(13)21)22-19(24)12-23-11-15-6-4-3-5-14(15)10-18(23)20(25)26-2/h3-9,18H,10-12H2,1-2H3,(H,22,24)/p+1/t18-/m1/s1. The lowest BCUT2D eigenvalue weighted by atomic mass is 9.94. The maximum Gasteiger partial charge on any atom is 0.365 e. The third-order valence-electron chi connectivity index (χ3n) is 4.77. The van der Waals surface area contributed by atoms with Gasteiger partial charge in [0, 0.05) is 22.1 Å². The molecule has 0 aromatic heterocycles. The number of halogens is 1.